The van der Waals surface area contributed by atoms with Gasteiger partial charge in [0.15, 0.2) is 23.3 Å². The van der Waals surface area contributed by atoms with Gasteiger partial charge in [0.1, 0.15) is 34.9 Å². The normalized spacial score (nSPS) is 11.7. The predicted molar refractivity (Wildman–Crippen MR) is 281 cm³/mol. The van der Waals surface area contributed by atoms with E-state index < -0.39 is 42.1 Å². The van der Waals surface area contributed by atoms with Crippen LogP contribution in [0.1, 0.15) is 118 Å². The van der Waals surface area contributed by atoms with E-state index in [1.165, 1.54) is 0 Å². The second-order valence-electron chi connectivity index (χ2n) is 23.4. The number of nitrogens with one attached hydrogen (secondary N) is 4. The van der Waals surface area contributed by atoms with Gasteiger partial charge in [0, 0.05) is 114 Å². The largest absolute Gasteiger partial charge is 2.00 e. The van der Waals surface area contributed by atoms with Crippen LogP contribution >= 0.6 is 0 Å². The van der Waals surface area contributed by atoms with Crippen LogP contribution in [0.3, 0.4) is 0 Å². The Balaban J connectivity index is 0. The van der Waals surface area contributed by atoms with E-state index >= 15 is 0 Å². The zero-order valence-corrected chi connectivity index (χ0v) is 54.7. The van der Waals surface area contributed by atoms with Crippen molar-refractivity contribution in [1.29, 1.82) is 0 Å². The summed E-state index contributed by atoms with van der Waals surface area (Å²) in [5, 5.41) is 11.6. The van der Waals surface area contributed by atoms with E-state index in [9.17, 15) is 19.2 Å². The van der Waals surface area contributed by atoms with E-state index in [-0.39, 0.29) is 68.7 Å². The third-order valence-corrected chi connectivity index (χ3v) is 11.6. The molecule has 0 saturated heterocycles. The molecule has 0 unspecified atom stereocenters. The molecule has 0 aliphatic heterocycles. The summed E-state index contributed by atoms with van der Waals surface area (Å²) in [4.78, 5) is 81.7. The first-order valence-electron chi connectivity index (χ1n) is 25.2. The molecule has 4 amide bonds. The molecule has 490 valence electrons. The number of halogens is 2. The van der Waals surface area contributed by atoms with Gasteiger partial charge >= 0.3 is 34.1 Å². The van der Waals surface area contributed by atoms with E-state index in [4.69, 9.17) is 37.3 Å². The SMILES string of the molecule is Cn1ccnc1CN(Cc1nc(NC(=O)C(C)(C)C)cn1C)Cc1nc(NC(=O)C(C)(C)C)cn1C.Cn1ccnc1CN(Cc1nc(NC(=O)C(C)(C)C)cn1C)Cc1nc(NC(=O)C(C)(C)C)cn1C.[Cu+2].[Cu+2].[O-][Cl+3]([O-])([O-])[O-].[O-][Cl+3]([O-])([O-])[O-].[OH-].[OH-]. The van der Waals surface area contributed by atoms with Gasteiger partial charge in [-0.1, -0.05) is 83.1 Å². The van der Waals surface area contributed by atoms with Gasteiger partial charge in [0.2, 0.25) is 23.6 Å². The number of hydrogen-bond acceptors (Lipinski definition) is 22. The Morgan fingerprint density at radius 2 is 0.558 bits per heavy atom. The number of aromatic nitrogens is 12. The molecule has 0 spiro atoms. The second kappa shape index (κ2) is 33.6. The number of aryl methyl sites for hydroxylation is 6. The van der Waals surface area contributed by atoms with Crippen LogP contribution in [0.25, 0.3) is 0 Å². The molecule has 0 fully saturated rings. The summed E-state index contributed by atoms with van der Waals surface area (Å²) in [5.41, 5.74) is -2.05. The van der Waals surface area contributed by atoms with Crippen molar-refractivity contribution >= 4 is 46.9 Å². The second-order valence-corrected chi connectivity index (χ2v) is 24.9. The van der Waals surface area contributed by atoms with Gasteiger partial charge in [-0.25, -0.2) is 67.2 Å². The molecule has 0 saturated carbocycles. The Hall–Kier alpha value is -5.72. The van der Waals surface area contributed by atoms with Gasteiger partial charge < -0.3 is 59.6 Å². The number of anilines is 4. The zero-order chi connectivity index (χ0) is 62.7. The third kappa shape index (κ3) is 29.3. The van der Waals surface area contributed by atoms with Crippen molar-refractivity contribution in [1.82, 2.24) is 67.1 Å². The molecule has 6 heterocycles. The van der Waals surface area contributed by atoms with Crippen molar-refractivity contribution in [2.75, 3.05) is 21.3 Å². The summed E-state index contributed by atoms with van der Waals surface area (Å²) >= 11 is 0. The van der Waals surface area contributed by atoms with Crippen LogP contribution in [0.2, 0.25) is 0 Å². The number of rotatable bonds is 16. The van der Waals surface area contributed by atoms with Gasteiger partial charge in [-0.15, -0.1) is 20.5 Å². The van der Waals surface area contributed by atoms with E-state index in [0.29, 0.717) is 62.5 Å². The van der Waals surface area contributed by atoms with Crippen LogP contribution < -0.4 is 58.5 Å². The van der Waals surface area contributed by atoms with Gasteiger partial charge in [0.05, 0.1) is 39.3 Å². The monoisotopic (exact) mass is 1350 g/mol. The molecule has 32 nitrogen and oxygen atoms in total. The molecular weight excluding hydrogens is 1270 g/mol. The zero-order valence-electron chi connectivity index (χ0n) is 51.3. The minimum Gasteiger partial charge on any atom is -0.870 e. The maximum Gasteiger partial charge on any atom is 2.00 e. The van der Waals surface area contributed by atoms with Crippen molar-refractivity contribution in [2.45, 2.75) is 122 Å². The van der Waals surface area contributed by atoms with Crippen LogP contribution in [-0.2, 0) is 135 Å². The molecule has 6 aromatic heterocycles. The molecule has 6 aromatic rings. The molecule has 6 N–H and O–H groups in total. The van der Waals surface area contributed by atoms with E-state index in [0.717, 1.165) is 34.9 Å². The number of carbonyl (C=O) groups excluding carboxylic acids is 4. The summed E-state index contributed by atoms with van der Waals surface area (Å²) in [6.45, 7) is 25.6. The van der Waals surface area contributed by atoms with Crippen molar-refractivity contribution in [3.05, 3.63) is 84.5 Å². The number of nitrogens with zero attached hydrogens (tertiary/aromatic N) is 14. The number of carbonyl (C=O) groups is 4. The minimum absolute atomic E-state index is 0. The summed E-state index contributed by atoms with van der Waals surface area (Å²) in [6, 6.07) is 0. The molecular formula is C50H80Cl2Cu2N18O14. The van der Waals surface area contributed by atoms with Crippen molar-refractivity contribution < 1.29 is 122 Å². The summed E-state index contributed by atoms with van der Waals surface area (Å²) in [7, 11) is 1.68. The molecule has 0 aliphatic rings. The van der Waals surface area contributed by atoms with Crippen LogP contribution in [0.4, 0.5) is 23.3 Å². The molecule has 0 aromatic carbocycles. The molecule has 36 heteroatoms. The van der Waals surface area contributed by atoms with Gasteiger partial charge in [0.25, 0.3) is 0 Å². The van der Waals surface area contributed by atoms with E-state index in [1.807, 2.05) is 190 Å². The first kappa shape index (κ1) is 82.3. The molecule has 0 bridgehead atoms. The van der Waals surface area contributed by atoms with Crippen LogP contribution in [0, 0.1) is 42.1 Å². The maximum atomic E-state index is 12.4. The standard InChI is InChI=1S/2C25H39N9O2.2ClHO4.2Cu.2H2O/c2*1-24(2,3)22(35)29-17-12-32(8)20(27-17)15-34(14-19-26-10-11-31(19)7)16-21-28-18(13-33(21)9)30-23(36)25(4,5)6;2*2-1(3,4)5;;;;/h2*10-13H,14-16H2,1-9H3,(H,29,35)(H,30,36);2*(H,2,3,4,5);;;2*1H2/q;;;;2*+2;;/p-4. The fraction of sp³-hybridized carbons (Fsp3) is 0.560. The Bertz CT molecular complexity index is 2720. The Morgan fingerprint density at radius 3 is 0.709 bits per heavy atom. The van der Waals surface area contributed by atoms with Gasteiger partial charge in [-0.3, -0.25) is 29.0 Å². The fourth-order valence-corrected chi connectivity index (χ4v) is 6.70. The van der Waals surface area contributed by atoms with Gasteiger partial charge in [-0.05, 0) is 0 Å². The fourth-order valence-electron chi connectivity index (χ4n) is 6.70. The molecule has 0 atom stereocenters. The number of amides is 4. The first-order chi connectivity index (χ1) is 37.3. The predicted octanol–water partition coefficient (Wildman–Crippen LogP) is -3.75. The summed E-state index contributed by atoms with van der Waals surface area (Å²) < 4.78 is 79.6. The minimum atomic E-state index is -4.94. The Labute approximate surface area is 525 Å². The molecule has 0 aliphatic carbocycles. The van der Waals surface area contributed by atoms with Crippen molar-refractivity contribution in [2.24, 2.45) is 63.9 Å². The average Bonchev–Trinajstić information content (AvgIpc) is 3.02. The molecule has 6 rings (SSSR count). The summed E-state index contributed by atoms with van der Waals surface area (Å²) in [6.07, 6.45) is 14.6. The molecule has 86 heavy (non-hydrogen) atoms. The average molecular weight is 1360 g/mol. The van der Waals surface area contributed by atoms with Crippen LogP contribution in [0.15, 0.2) is 49.6 Å². The van der Waals surface area contributed by atoms with Crippen molar-refractivity contribution in [3.8, 4) is 0 Å². The number of hydrogen-bond donors (Lipinski definition) is 4. The first-order valence-corrected chi connectivity index (χ1v) is 27.7. The molecule has 2 radical (unpaired) electrons. The Kier molecular flexibility index (Phi) is 32.2. The smallest absolute Gasteiger partial charge is 0.870 e. The van der Waals surface area contributed by atoms with Crippen LogP contribution in [-0.4, -0.2) is 102 Å². The Morgan fingerprint density at radius 1 is 0.384 bits per heavy atom. The van der Waals surface area contributed by atoms with Crippen molar-refractivity contribution in [3.63, 3.8) is 0 Å². The van der Waals surface area contributed by atoms with Crippen LogP contribution in [0.5, 0.6) is 0 Å². The summed E-state index contributed by atoms with van der Waals surface area (Å²) in [5.74, 6) is 6.72. The van der Waals surface area contributed by atoms with Gasteiger partial charge in [-0.2, -0.15) is 0 Å². The topological polar surface area (TPSA) is 474 Å². The maximum absolute atomic E-state index is 12.4. The van der Waals surface area contributed by atoms with E-state index in [1.54, 1.807) is 12.4 Å². The van der Waals surface area contributed by atoms with E-state index in [2.05, 4.69) is 61.0 Å². The number of imidazole rings is 6. The quantitative estimate of drug-likeness (QED) is 0.0676. The third-order valence-electron chi connectivity index (χ3n) is 11.6.